The fourth-order valence-corrected chi connectivity index (χ4v) is 5.38. The van der Waals surface area contributed by atoms with E-state index in [1.54, 1.807) is 18.2 Å². The summed E-state index contributed by atoms with van der Waals surface area (Å²) in [6, 6.07) is 12.2. The monoisotopic (exact) mass is 509 g/mol. The van der Waals surface area contributed by atoms with Crippen LogP contribution in [0, 0.1) is 0 Å². The molecule has 0 aliphatic carbocycles. The smallest absolute Gasteiger partial charge is 0.136 e. The van der Waals surface area contributed by atoms with Crippen LogP contribution >= 0.6 is 0 Å². The molecule has 0 saturated heterocycles. The normalized spacial score (nSPS) is 16.3. The van der Waals surface area contributed by atoms with E-state index in [0.717, 1.165) is 21.9 Å². The molecule has 1 aromatic heterocycles. The molecular weight excluding hydrogens is 472 g/mol. The summed E-state index contributed by atoms with van der Waals surface area (Å²) in [5.41, 5.74) is 2.47. The minimum Gasteiger partial charge on any atom is -0.456 e. The molecule has 0 spiro atoms. The molecule has 0 amide bonds. The van der Waals surface area contributed by atoms with Gasteiger partial charge in [0.2, 0.25) is 0 Å². The van der Waals surface area contributed by atoms with Crippen molar-refractivity contribution in [2.24, 2.45) is 0 Å². The van der Waals surface area contributed by atoms with Gasteiger partial charge in [-0.3, -0.25) is 0 Å². The molecule has 1 heterocycles. The van der Waals surface area contributed by atoms with Crippen molar-refractivity contribution in [2.75, 3.05) is 0 Å². The Morgan fingerprint density at radius 3 is 1.72 bits per heavy atom. The molecule has 0 N–H and O–H groups in total. The van der Waals surface area contributed by atoms with E-state index in [1.807, 2.05) is 48.5 Å². The van der Waals surface area contributed by atoms with Crippen molar-refractivity contribution in [3.8, 4) is 33.4 Å². The maximum absolute atomic E-state index is 9.17. The Kier molecular flexibility index (Phi) is 2.82. The number of hydrogen-bond donors (Lipinski definition) is 0. The second-order valence-electron chi connectivity index (χ2n) is 9.11. The molecule has 0 unspecified atom stereocenters. The van der Waals surface area contributed by atoms with E-state index in [1.165, 1.54) is 0 Å². The summed E-state index contributed by atoms with van der Waals surface area (Å²) >= 11 is 0. The third kappa shape index (κ3) is 3.41. The summed E-state index contributed by atoms with van der Waals surface area (Å²) in [6.07, 6.45) is 0. The lowest BCUT2D eigenvalue weighted by atomic mass is 9.86. The first-order valence-electron chi connectivity index (χ1n) is 18.8. The Morgan fingerprint density at radius 1 is 0.436 bits per heavy atom. The molecule has 1 nitrogen and oxygen atoms in total. The average molecular weight is 510 g/mol. The van der Waals surface area contributed by atoms with Crippen molar-refractivity contribution >= 4 is 43.5 Å². The van der Waals surface area contributed by atoms with Crippen molar-refractivity contribution in [1.82, 2.24) is 0 Å². The summed E-state index contributed by atoms with van der Waals surface area (Å²) in [7, 11) is 0. The van der Waals surface area contributed by atoms with Gasteiger partial charge in [-0.25, -0.2) is 0 Å². The van der Waals surface area contributed by atoms with E-state index in [9.17, 15) is 0 Å². The quantitative estimate of drug-likeness (QED) is 0.216. The van der Waals surface area contributed by atoms with Gasteiger partial charge in [0, 0.05) is 10.8 Å². The van der Waals surface area contributed by atoms with E-state index in [4.69, 9.17) is 22.2 Å². The van der Waals surface area contributed by atoms with Crippen molar-refractivity contribution < 1.29 is 22.2 Å². The lowest BCUT2D eigenvalue weighted by Gasteiger charge is -2.17. The van der Waals surface area contributed by atoms with Crippen molar-refractivity contribution in [1.29, 1.82) is 0 Å². The first-order valence-corrected chi connectivity index (χ1v) is 12.3. The van der Waals surface area contributed by atoms with Crippen molar-refractivity contribution in [2.45, 2.75) is 0 Å². The zero-order chi connectivity index (χ0) is 37.1. The van der Waals surface area contributed by atoms with Crippen LogP contribution in [0.25, 0.3) is 76.9 Å². The van der Waals surface area contributed by atoms with Crippen molar-refractivity contribution in [3.05, 3.63) is 145 Å². The molecule has 8 rings (SSSR count). The van der Waals surface area contributed by atoms with Gasteiger partial charge in [-0.1, -0.05) is 127 Å². The molecule has 8 aromatic rings. The zero-order valence-corrected chi connectivity index (χ0v) is 20.3. The van der Waals surface area contributed by atoms with Gasteiger partial charge >= 0.3 is 0 Å². The molecule has 39 heavy (non-hydrogen) atoms. The van der Waals surface area contributed by atoms with E-state index < -0.39 is 84.1 Å². The van der Waals surface area contributed by atoms with Gasteiger partial charge in [-0.2, -0.15) is 0 Å². The van der Waals surface area contributed by atoms with Crippen LogP contribution in [0.5, 0.6) is 0 Å². The minimum atomic E-state index is -0.715. The molecule has 0 atom stereocenters. The number of fused-ring (bicyclic) bond motifs is 5. The second kappa shape index (κ2) is 8.72. The summed E-state index contributed by atoms with van der Waals surface area (Å²) in [6.45, 7) is 0. The van der Waals surface area contributed by atoms with Gasteiger partial charge in [0.1, 0.15) is 11.2 Å². The largest absolute Gasteiger partial charge is 0.456 e. The van der Waals surface area contributed by atoms with Crippen LogP contribution in [0.3, 0.4) is 0 Å². The summed E-state index contributed by atoms with van der Waals surface area (Å²) in [4.78, 5) is 0. The second-order valence-corrected chi connectivity index (χ2v) is 9.11. The van der Waals surface area contributed by atoms with Gasteiger partial charge in [-0.15, -0.1) is 0 Å². The van der Waals surface area contributed by atoms with Crippen LogP contribution in [0.4, 0.5) is 0 Å². The number of benzene rings is 7. The molecule has 0 bridgehead atoms. The first kappa shape index (κ1) is 12.6. The minimum absolute atomic E-state index is 0.0470. The number of hydrogen-bond acceptors (Lipinski definition) is 1. The molecule has 0 saturated carbocycles. The van der Waals surface area contributed by atoms with Gasteiger partial charge in [0.25, 0.3) is 0 Å². The fraction of sp³-hybridized carbons (Fsp3) is 0. The standard InChI is InChI=1S/C38H24O/c1-3-12-25(13-4-1)28-20-11-21-34-38(28)33-23-22-27(24-35(33)39-34)37-31-18-9-7-16-29(31)36(26-14-5-2-6-15-26)30-17-8-10-19-32(30)37/h1-24H/i2D,5D,6D,7D,8D,9D,10D,14D,15D,16D,17D,18D,19D. The first-order chi connectivity index (χ1) is 24.8. The Labute approximate surface area is 244 Å². The molecule has 182 valence electrons. The van der Waals surface area contributed by atoms with Crippen LogP contribution < -0.4 is 0 Å². The summed E-state index contributed by atoms with van der Waals surface area (Å²) in [5.74, 6) is 0. The molecule has 0 radical (unpaired) electrons. The van der Waals surface area contributed by atoms with E-state index in [-0.39, 0.29) is 32.7 Å². The van der Waals surface area contributed by atoms with Gasteiger partial charge in [-0.05, 0) is 73.1 Å². The highest BCUT2D eigenvalue weighted by molar-refractivity contribution is 6.22. The topological polar surface area (TPSA) is 13.1 Å². The summed E-state index contributed by atoms with van der Waals surface area (Å²) < 4.78 is 120. The number of rotatable bonds is 3. The molecule has 0 aliphatic rings. The van der Waals surface area contributed by atoms with Gasteiger partial charge in [0.15, 0.2) is 0 Å². The Bertz CT molecular complexity index is 2770. The Balaban J connectivity index is 1.61. The SMILES string of the molecule is [2H]c1c([2H])c([2H])c(-c2c3c([2H])c([2H])c([2H])c([2H])c3c(-c3ccc4c(c3)oc3cccc(-c5ccccc5)c34)c3c([2H])c([2H])c([2H])c([2H])c23)c([2H])c1[2H]. The van der Waals surface area contributed by atoms with Crippen LogP contribution in [-0.4, -0.2) is 0 Å². The zero-order valence-electron chi connectivity index (χ0n) is 33.3. The summed E-state index contributed by atoms with van der Waals surface area (Å²) in [5, 5.41) is 0.773. The van der Waals surface area contributed by atoms with Crippen molar-refractivity contribution in [3.63, 3.8) is 0 Å². The fourth-order valence-electron chi connectivity index (χ4n) is 5.38. The highest BCUT2D eigenvalue weighted by Gasteiger charge is 2.18. The molecular formula is C38H24O. The predicted molar refractivity (Wildman–Crippen MR) is 165 cm³/mol. The van der Waals surface area contributed by atoms with Crippen LogP contribution in [0.15, 0.2) is 150 Å². The van der Waals surface area contributed by atoms with Crippen LogP contribution in [-0.2, 0) is 0 Å². The molecule has 0 fully saturated rings. The Hall–Kier alpha value is -5.14. The maximum Gasteiger partial charge on any atom is 0.136 e. The van der Waals surface area contributed by atoms with Gasteiger partial charge < -0.3 is 4.42 Å². The molecule has 7 aromatic carbocycles. The van der Waals surface area contributed by atoms with Crippen LogP contribution in [0.2, 0.25) is 0 Å². The third-order valence-electron chi connectivity index (χ3n) is 7.00. The lowest BCUT2D eigenvalue weighted by Crippen LogP contribution is -1.90. The third-order valence-corrected chi connectivity index (χ3v) is 7.00. The average Bonchev–Trinajstić information content (AvgIpc) is 3.53. The highest BCUT2D eigenvalue weighted by Crippen LogP contribution is 2.45. The number of furan rings is 1. The van der Waals surface area contributed by atoms with E-state index >= 15 is 0 Å². The maximum atomic E-state index is 9.17. The highest BCUT2D eigenvalue weighted by atomic mass is 16.3. The lowest BCUT2D eigenvalue weighted by molar-refractivity contribution is 0.669. The molecule has 0 aliphatic heterocycles. The molecule has 1 heteroatoms. The van der Waals surface area contributed by atoms with E-state index in [0.29, 0.717) is 16.7 Å². The van der Waals surface area contributed by atoms with E-state index in [2.05, 4.69) is 0 Å². The predicted octanol–water partition coefficient (Wildman–Crippen LogP) is 10.9. The van der Waals surface area contributed by atoms with Gasteiger partial charge in [0.05, 0.1) is 17.8 Å². The van der Waals surface area contributed by atoms with Crippen LogP contribution in [0.1, 0.15) is 17.8 Å². The Morgan fingerprint density at radius 2 is 1.05 bits per heavy atom.